The molecule has 0 unspecified atom stereocenters. The van der Waals surface area contributed by atoms with Crippen LogP contribution in [-0.4, -0.2) is 14.1 Å². The van der Waals surface area contributed by atoms with Crippen LogP contribution in [0.5, 0.6) is 0 Å². The zero-order chi connectivity index (χ0) is 23.2. The minimum Gasteiger partial charge on any atom is -0.200 e. The predicted octanol–water partition coefficient (Wildman–Crippen LogP) is 5.38. The van der Waals surface area contributed by atoms with Gasteiger partial charge in [0, 0.05) is 5.56 Å². The molecule has 0 saturated heterocycles. The lowest BCUT2D eigenvalue weighted by Gasteiger charge is -2.22. The fraction of sp³-hybridized carbons (Fsp3) is 0.346. The molecule has 0 radical (unpaired) electrons. The van der Waals surface area contributed by atoms with E-state index in [2.05, 4.69) is 41.5 Å². The quantitative estimate of drug-likeness (QED) is 0.377. The standard InChI is InChI=1S/C26H30N2O2S/c1-8-23(15-14-21-12-10-9-11-13-21)27-28-31(29,30)26-24(19(4)5)16-22(18(2)3)17-25(26)20(6)7/h1,9-13,16-20,28H,2-7H3/b27-23+. The van der Waals surface area contributed by atoms with Crippen molar-refractivity contribution < 1.29 is 8.42 Å². The number of nitrogens with one attached hydrogen (secondary N) is 1. The molecule has 2 aromatic rings. The van der Waals surface area contributed by atoms with E-state index in [9.17, 15) is 8.42 Å². The molecule has 2 aromatic carbocycles. The third kappa shape index (κ3) is 6.23. The Labute approximate surface area is 187 Å². The number of rotatable bonds is 6. The van der Waals surface area contributed by atoms with E-state index in [4.69, 9.17) is 6.42 Å². The van der Waals surface area contributed by atoms with Crippen LogP contribution in [0.3, 0.4) is 0 Å². The molecule has 0 bridgehead atoms. The number of nitrogens with zero attached hydrogens (tertiary/aromatic N) is 1. The number of benzene rings is 2. The summed E-state index contributed by atoms with van der Waals surface area (Å²) in [7, 11) is -3.94. The highest BCUT2D eigenvalue weighted by atomic mass is 32.2. The lowest BCUT2D eigenvalue weighted by atomic mass is 9.89. The highest BCUT2D eigenvalue weighted by molar-refractivity contribution is 7.89. The van der Waals surface area contributed by atoms with Crippen molar-refractivity contribution in [3.8, 4) is 24.2 Å². The van der Waals surface area contributed by atoms with E-state index in [0.29, 0.717) is 5.92 Å². The maximum Gasteiger partial charge on any atom is 0.277 e. The fourth-order valence-corrected chi connectivity index (χ4v) is 4.61. The van der Waals surface area contributed by atoms with E-state index in [1.807, 2.05) is 70.2 Å². The van der Waals surface area contributed by atoms with Gasteiger partial charge in [-0.05, 0) is 58.4 Å². The number of sulfonamides is 1. The lowest BCUT2D eigenvalue weighted by Crippen LogP contribution is -2.24. The maximum atomic E-state index is 13.3. The second kappa shape index (κ2) is 10.3. The second-order valence-electron chi connectivity index (χ2n) is 8.31. The molecular weight excluding hydrogens is 404 g/mol. The fourth-order valence-electron chi connectivity index (χ4n) is 3.10. The first-order valence-electron chi connectivity index (χ1n) is 10.4. The summed E-state index contributed by atoms with van der Waals surface area (Å²) in [5, 5.41) is 3.93. The Morgan fingerprint density at radius 2 is 1.48 bits per heavy atom. The number of hydrogen-bond donors (Lipinski definition) is 1. The summed E-state index contributed by atoms with van der Waals surface area (Å²) in [6.45, 7) is 12.2. The van der Waals surface area contributed by atoms with Gasteiger partial charge in [0.15, 0.2) is 5.71 Å². The van der Waals surface area contributed by atoms with Crippen LogP contribution in [0, 0.1) is 24.2 Å². The molecule has 4 nitrogen and oxygen atoms in total. The summed E-state index contributed by atoms with van der Waals surface area (Å²) in [5.74, 6) is 8.32. The molecule has 0 amide bonds. The van der Waals surface area contributed by atoms with Crippen LogP contribution in [-0.2, 0) is 10.0 Å². The van der Waals surface area contributed by atoms with E-state index in [1.54, 1.807) is 0 Å². The molecule has 0 heterocycles. The van der Waals surface area contributed by atoms with E-state index in [1.165, 1.54) is 0 Å². The van der Waals surface area contributed by atoms with Gasteiger partial charge in [-0.25, -0.2) is 0 Å². The number of hydrazone groups is 1. The monoisotopic (exact) mass is 434 g/mol. The van der Waals surface area contributed by atoms with Gasteiger partial charge in [-0.15, -0.1) is 11.5 Å². The average molecular weight is 435 g/mol. The maximum absolute atomic E-state index is 13.3. The van der Waals surface area contributed by atoms with Gasteiger partial charge < -0.3 is 0 Å². The molecule has 0 atom stereocenters. The summed E-state index contributed by atoms with van der Waals surface area (Å²) in [6.07, 6.45) is 5.50. The largest absolute Gasteiger partial charge is 0.277 e. The van der Waals surface area contributed by atoms with E-state index in [0.717, 1.165) is 22.3 Å². The molecule has 0 aliphatic rings. The molecule has 162 valence electrons. The Kier molecular flexibility index (Phi) is 8.08. The number of terminal acetylenes is 1. The second-order valence-corrected chi connectivity index (χ2v) is 9.91. The average Bonchev–Trinajstić information content (AvgIpc) is 2.73. The molecule has 0 saturated carbocycles. The van der Waals surface area contributed by atoms with Crippen molar-refractivity contribution in [1.29, 1.82) is 0 Å². The lowest BCUT2D eigenvalue weighted by molar-refractivity contribution is 0.579. The molecule has 0 aliphatic heterocycles. The first-order valence-corrected chi connectivity index (χ1v) is 11.9. The summed E-state index contributed by atoms with van der Waals surface area (Å²) in [5.41, 5.74) is 3.45. The highest BCUT2D eigenvalue weighted by Crippen LogP contribution is 2.34. The van der Waals surface area contributed by atoms with Crippen molar-refractivity contribution in [3.05, 3.63) is 64.7 Å². The minimum atomic E-state index is -3.94. The molecule has 0 fully saturated rings. The van der Waals surface area contributed by atoms with Crippen LogP contribution in [0.25, 0.3) is 0 Å². The van der Waals surface area contributed by atoms with Gasteiger partial charge in [0.2, 0.25) is 0 Å². The minimum absolute atomic E-state index is 0.0171. The molecule has 1 N–H and O–H groups in total. The molecule has 5 heteroatoms. The molecule has 31 heavy (non-hydrogen) atoms. The highest BCUT2D eigenvalue weighted by Gasteiger charge is 2.26. The molecule has 0 aromatic heterocycles. The van der Waals surface area contributed by atoms with Gasteiger partial charge in [0.05, 0.1) is 4.90 Å². The van der Waals surface area contributed by atoms with Gasteiger partial charge in [-0.1, -0.05) is 77.8 Å². The van der Waals surface area contributed by atoms with Gasteiger partial charge in [-0.3, -0.25) is 0 Å². The van der Waals surface area contributed by atoms with Crippen molar-refractivity contribution in [1.82, 2.24) is 4.83 Å². The van der Waals surface area contributed by atoms with Crippen molar-refractivity contribution in [2.45, 2.75) is 64.2 Å². The Morgan fingerprint density at radius 1 is 0.935 bits per heavy atom. The summed E-state index contributed by atoms with van der Waals surface area (Å²) in [6, 6.07) is 13.3. The number of hydrogen-bond acceptors (Lipinski definition) is 3. The molecule has 0 spiro atoms. The van der Waals surface area contributed by atoms with E-state index in [-0.39, 0.29) is 22.4 Å². The Morgan fingerprint density at radius 3 is 1.94 bits per heavy atom. The van der Waals surface area contributed by atoms with Crippen molar-refractivity contribution >= 4 is 15.7 Å². The van der Waals surface area contributed by atoms with Gasteiger partial charge >= 0.3 is 0 Å². The summed E-state index contributed by atoms with van der Waals surface area (Å²) < 4.78 is 26.6. The topological polar surface area (TPSA) is 58.5 Å². The van der Waals surface area contributed by atoms with Crippen LogP contribution >= 0.6 is 0 Å². The van der Waals surface area contributed by atoms with Crippen molar-refractivity contribution in [3.63, 3.8) is 0 Å². The smallest absolute Gasteiger partial charge is 0.200 e. The third-order valence-corrected chi connectivity index (χ3v) is 6.20. The Balaban J connectivity index is 2.53. The zero-order valence-electron chi connectivity index (χ0n) is 19.0. The first-order chi connectivity index (χ1) is 14.6. The molecule has 2 rings (SSSR count). The Hall–Kier alpha value is -3.02. The molecular formula is C26H30N2O2S. The van der Waals surface area contributed by atoms with Crippen LogP contribution in [0.2, 0.25) is 0 Å². The van der Waals surface area contributed by atoms with Crippen molar-refractivity contribution in [2.24, 2.45) is 5.10 Å². The van der Waals surface area contributed by atoms with Crippen LogP contribution < -0.4 is 4.83 Å². The Bertz CT molecular complexity index is 1130. The van der Waals surface area contributed by atoms with Crippen LogP contribution in [0.1, 0.15) is 81.5 Å². The van der Waals surface area contributed by atoms with Crippen LogP contribution in [0.4, 0.5) is 0 Å². The van der Waals surface area contributed by atoms with E-state index < -0.39 is 10.0 Å². The summed E-state index contributed by atoms with van der Waals surface area (Å²) >= 11 is 0. The SMILES string of the molecule is C#C/C(C#Cc1ccccc1)=N\NS(=O)(=O)c1c(C(C)C)cc(C(C)C)cc1C(C)C. The zero-order valence-corrected chi connectivity index (χ0v) is 19.8. The van der Waals surface area contributed by atoms with Crippen molar-refractivity contribution in [2.75, 3.05) is 0 Å². The van der Waals surface area contributed by atoms with Gasteiger partial charge in [-0.2, -0.15) is 13.2 Å². The first kappa shape index (κ1) is 24.3. The summed E-state index contributed by atoms with van der Waals surface area (Å²) in [4.78, 5) is 2.59. The van der Waals surface area contributed by atoms with Gasteiger partial charge in [0.25, 0.3) is 10.0 Å². The molecule has 0 aliphatic carbocycles. The normalized spacial score (nSPS) is 11.9. The van der Waals surface area contributed by atoms with E-state index >= 15 is 0 Å². The predicted molar refractivity (Wildman–Crippen MR) is 129 cm³/mol. The third-order valence-electron chi connectivity index (χ3n) is 4.86. The van der Waals surface area contributed by atoms with Crippen LogP contribution in [0.15, 0.2) is 52.5 Å². The van der Waals surface area contributed by atoms with Gasteiger partial charge in [0.1, 0.15) is 0 Å².